The van der Waals surface area contributed by atoms with Crippen LogP contribution in [0.3, 0.4) is 0 Å². The molecule has 1 unspecified atom stereocenters. The van der Waals surface area contributed by atoms with E-state index >= 15 is 0 Å². The topological polar surface area (TPSA) is 74.7 Å². The second-order valence-electron chi connectivity index (χ2n) is 3.12. The van der Waals surface area contributed by atoms with Crippen molar-refractivity contribution in [2.24, 2.45) is 0 Å². The number of nitrogens with zero attached hydrogens (tertiary/aromatic N) is 1. The Balaban J connectivity index is 2.57. The van der Waals surface area contributed by atoms with Crippen LogP contribution in [0.25, 0.3) is 0 Å². The van der Waals surface area contributed by atoms with E-state index in [9.17, 15) is 13.2 Å². The monoisotopic (exact) mass is 207 g/mol. The van der Waals surface area contributed by atoms with Gasteiger partial charge in [-0.2, -0.15) is 0 Å². The lowest BCUT2D eigenvalue weighted by Crippen LogP contribution is -2.37. The van der Waals surface area contributed by atoms with Gasteiger partial charge in [0.1, 0.15) is 0 Å². The third kappa shape index (κ3) is 2.67. The molecule has 76 valence electrons. The molecule has 1 atom stereocenters. The Kier molecular flexibility index (Phi) is 3.27. The maximum Gasteiger partial charge on any atom is 0.210 e. The maximum absolute atomic E-state index is 11.1. The number of hydrogen-bond donors (Lipinski definition) is 1. The molecule has 1 rings (SSSR count). The van der Waals surface area contributed by atoms with Gasteiger partial charge in [-0.15, -0.1) is 0 Å². The number of rotatable bonds is 4. The highest BCUT2D eigenvalue weighted by molar-refractivity contribution is 7.91. The SMILES string of the molecule is O=CN(CCO)C1CCS(=O)(=O)C1. The van der Waals surface area contributed by atoms with Crippen LogP contribution in [0.4, 0.5) is 0 Å². The number of carbonyl (C=O) groups is 1. The van der Waals surface area contributed by atoms with Crippen molar-refractivity contribution in [2.75, 3.05) is 24.7 Å². The largest absolute Gasteiger partial charge is 0.395 e. The molecule has 0 saturated carbocycles. The zero-order valence-corrected chi connectivity index (χ0v) is 8.03. The number of aliphatic hydroxyl groups excluding tert-OH is 1. The molecule has 1 aliphatic rings. The summed E-state index contributed by atoms with van der Waals surface area (Å²) in [6, 6.07) is -0.241. The van der Waals surface area contributed by atoms with Crippen molar-refractivity contribution in [1.82, 2.24) is 4.90 Å². The maximum atomic E-state index is 11.1. The summed E-state index contributed by atoms with van der Waals surface area (Å²) in [5.74, 6) is 0.180. The highest BCUT2D eigenvalue weighted by Crippen LogP contribution is 2.15. The van der Waals surface area contributed by atoms with Crippen molar-refractivity contribution in [3.05, 3.63) is 0 Å². The van der Waals surface area contributed by atoms with Gasteiger partial charge in [0.05, 0.1) is 18.1 Å². The molecule has 1 saturated heterocycles. The Hall–Kier alpha value is -0.620. The van der Waals surface area contributed by atoms with E-state index in [1.165, 1.54) is 4.90 Å². The standard InChI is InChI=1S/C7H13NO4S/c9-3-2-8(6-10)7-1-4-13(11,12)5-7/h6-7,9H,1-5H2. The Morgan fingerprint density at radius 2 is 2.23 bits per heavy atom. The lowest BCUT2D eigenvalue weighted by molar-refractivity contribution is -0.120. The van der Waals surface area contributed by atoms with Gasteiger partial charge in [0.2, 0.25) is 6.41 Å². The van der Waals surface area contributed by atoms with Crippen LogP contribution in [-0.2, 0) is 14.6 Å². The molecule has 1 aliphatic heterocycles. The number of hydrogen-bond acceptors (Lipinski definition) is 4. The van der Waals surface area contributed by atoms with E-state index in [4.69, 9.17) is 5.11 Å². The molecule has 0 aliphatic carbocycles. The van der Waals surface area contributed by atoms with E-state index in [1.807, 2.05) is 0 Å². The van der Waals surface area contributed by atoms with Crippen molar-refractivity contribution in [3.63, 3.8) is 0 Å². The van der Waals surface area contributed by atoms with E-state index in [-0.39, 0.29) is 30.7 Å². The first-order chi connectivity index (χ1) is 6.09. The molecule has 1 N–H and O–H groups in total. The van der Waals surface area contributed by atoms with Gasteiger partial charge in [-0.1, -0.05) is 0 Å². The second kappa shape index (κ2) is 4.06. The first kappa shape index (κ1) is 10.5. The molecule has 1 fully saturated rings. The molecular weight excluding hydrogens is 194 g/mol. The van der Waals surface area contributed by atoms with Crippen LogP contribution in [0.2, 0.25) is 0 Å². The van der Waals surface area contributed by atoms with Crippen LogP contribution in [-0.4, -0.2) is 55.5 Å². The summed E-state index contributed by atoms with van der Waals surface area (Å²) in [4.78, 5) is 11.9. The Bertz CT molecular complexity index is 274. The average molecular weight is 207 g/mol. The normalized spacial score (nSPS) is 25.8. The minimum Gasteiger partial charge on any atom is -0.395 e. The summed E-state index contributed by atoms with van der Waals surface area (Å²) in [7, 11) is -2.95. The van der Waals surface area contributed by atoms with E-state index in [0.717, 1.165) is 0 Å². The molecule has 1 heterocycles. The van der Waals surface area contributed by atoms with Crippen molar-refractivity contribution >= 4 is 16.2 Å². The van der Waals surface area contributed by atoms with Crippen LogP contribution in [0, 0.1) is 0 Å². The van der Waals surface area contributed by atoms with Gasteiger partial charge in [0.15, 0.2) is 9.84 Å². The third-order valence-electron chi connectivity index (χ3n) is 2.17. The third-order valence-corrected chi connectivity index (χ3v) is 3.92. The fourth-order valence-corrected chi connectivity index (χ4v) is 3.22. The summed E-state index contributed by atoms with van der Waals surface area (Å²) in [5, 5.41) is 8.61. The van der Waals surface area contributed by atoms with Crippen LogP contribution >= 0.6 is 0 Å². The molecule has 5 nitrogen and oxygen atoms in total. The quantitative estimate of drug-likeness (QED) is 0.577. The summed E-state index contributed by atoms with van der Waals surface area (Å²) in [6.45, 7) is 0.0823. The highest BCUT2D eigenvalue weighted by Gasteiger charge is 2.31. The molecule has 0 spiro atoms. The predicted molar refractivity (Wildman–Crippen MR) is 46.9 cm³/mol. The Morgan fingerprint density at radius 1 is 1.54 bits per heavy atom. The van der Waals surface area contributed by atoms with Crippen molar-refractivity contribution in [2.45, 2.75) is 12.5 Å². The van der Waals surface area contributed by atoms with Gasteiger partial charge >= 0.3 is 0 Å². The number of aliphatic hydroxyl groups is 1. The average Bonchev–Trinajstić information content (AvgIpc) is 2.42. The zero-order chi connectivity index (χ0) is 9.90. The van der Waals surface area contributed by atoms with Gasteiger partial charge in [-0.25, -0.2) is 8.42 Å². The van der Waals surface area contributed by atoms with Crippen molar-refractivity contribution in [1.29, 1.82) is 0 Å². The molecule has 6 heteroatoms. The minimum atomic E-state index is -2.95. The molecule has 0 radical (unpaired) electrons. The molecule has 0 aromatic heterocycles. The second-order valence-corrected chi connectivity index (χ2v) is 5.35. The molecule has 1 amide bonds. The molecule has 0 aromatic carbocycles. The van der Waals surface area contributed by atoms with Gasteiger partial charge in [0.25, 0.3) is 0 Å². The zero-order valence-electron chi connectivity index (χ0n) is 7.22. The summed E-state index contributed by atoms with van der Waals surface area (Å²) in [5.41, 5.74) is 0. The number of sulfone groups is 1. The Labute approximate surface area is 77.3 Å². The first-order valence-electron chi connectivity index (χ1n) is 4.11. The smallest absolute Gasteiger partial charge is 0.210 e. The Morgan fingerprint density at radius 3 is 2.62 bits per heavy atom. The number of amides is 1. The summed E-state index contributed by atoms with van der Waals surface area (Å²) in [6.07, 6.45) is 1.09. The van der Waals surface area contributed by atoms with E-state index in [0.29, 0.717) is 12.8 Å². The van der Waals surface area contributed by atoms with Gasteiger partial charge in [-0.3, -0.25) is 4.79 Å². The van der Waals surface area contributed by atoms with Crippen LogP contribution in [0.15, 0.2) is 0 Å². The highest BCUT2D eigenvalue weighted by atomic mass is 32.2. The number of carbonyl (C=O) groups excluding carboxylic acids is 1. The molecule has 13 heavy (non-hydrogen) atoms. The summed E-state index contributed by atoms with van der Waals surface area (Å²) >= 11 is 0. The summed E-state index contributed by atoms with van der Waals surface area (Å²) < 4.78 is 22.1. The molecule has 0 aromatic rings. The van der Waals surface area contributed by atoms with E-state index < -0.39 is 9.84 Å². The van der Waals surface area contributed by atoms with E-state index in [2.05, 4.69) is 0 Å². The van der Waals surface area contributed by atoms with Crippen LogP contribution in [0.5, 0.6) is 0 Å². The van der Waals surface area contributed by atoms with Gasteiger partial charge in [-0.05, 0) is 6.42 Å². The predicted octanol–water partition coefficient (Wildman–Crippen LogP) is -1.38. The fraction of sp³-hybridized carbons (Fsp3) is 0.857. The molecular formula is C7H13NO4S. The van der Waals surface area contributed by atoms with Crippen molar-refractivity contribution in [3.8, 4) is 0 Å². The van der Waals surface area contributed by atoms with Crippen LogP contribution in [0.1, 0.15) is 6.42 Å². The van der Waals surface area contributed by atoms with Crippen molar-refractivity contribution < 1.29 is 18.3 Å². The fourth-order valence-electron chi connectivity index (χ4n) is 1.47. The van der Waals surface area contributed by atoms with E-state index in [1.54, 1.807) is 0 Å². The minimum absolute atomic E-state index is 0.0335. The lowest BCUT2D eigenvalue weighted by atomic mass is 10.2. The van der Waals surface area contributed by atoms with Crippen LogP contribution < -0.4 is 0 Å². The van der Waals surface area contributed by atoms with Gasteiger partial charge < -0.3 is 10.0 Å². The first-order valence-corrected chi connectivity index (χ1v) is 5.93. The molecule has 0 bridgehead atoms. The lowest BCUT2D eigenvalue weighted by Gasteiger charge is -2.22. The van der Waals surface area contributed by atoms with Gasteiger partial charge in [0, 0.05) is 12.6 Å².